The topological polar surface area (TPSA) is 76.2 Å². The number of hydrogen-bond acceptors (Lipinski definition) is 5. The van der Waals surface area contributed by atoms with Crippen LogP contribution in [0, 0.1) is 0 Å². The van der Waals surface area contributed by atoms with Crippen molar-refractivity contribution in [2.75, 3.05) is 0 Å². The van der Waals surface area contributed by atoms with Gasteiger partial charge in [0.15, 0.2) is 5.82 Å². The highest BCUT2D eigenvalue weighted by atomic mass is 32.2. The molecule has 1 N–H and O–H groups in total. The van der Waals surface area contributed by atoms with Crippen LogP contribution in [0.1, 0.15) is 56.7 Å². The van der Waals surface area contributed by atoms with Crippen LogP contribution in [0.15, 0.2) is 4.52 Å². The van der Waals surface area contributed by atoms with Crippen molar-refractivity contribution in [2.24, 2.45) is 0 Å². The van der Waals surface area contributed by atoms with Crippen LogP contribution in [0.5, 0.6) is 0 Å². The molecule has 0 amide bonds. The molecule has 1 aromatic rings. The van der Waals surface area contributed by atoms with Crippen LogP contribution in [0.2, 0.25) is 0 Å². The first kappa shape index (κ1) is 14.4. The van der Waals surface area contributed by atoms with E-state index in [2.05, 4.69) is 10.1 Å². The molecule has 0 saturated heterocycles. The molecule has 106 valence electrons. The van der Waals surface area contributed by atoms with Crippen molar-refractivity contribution in [3.8, 4) is 0 Å². The third-order valence-corrected chi connectivity index (χ3v) is 4.66. The van der Waals surface area contributed by atoms with E-state index in [9.17, 15) is 4.79 Å². The molecule has 0 aliphatic heterocycles. The predicted molar refractivity (Wildman–Crippen MR) is 73.0 cm³/mol. The molecule has 0 bridgehead atoms. The molecule has 19 heavy (non-hydrogen) atoms. The maximum absolute atomic E-state index is 10.4. The number of carbonyl (C=O) groups is 1. The number of thioether (sulfide) groups is 1. The first-order valence-corrected chi connectivity index (χ1v) is 7.94. The highest BCUT2D eigenvalue weighted by Crippen LogP contribution is 2.29. The monoisotopic (exact) mass is 284 g/mol. The average molecular weight is 284 g/mol. The van der Waals surface area contributed by atoms with Crippen LogP contribution in [-0.4, -0.2) is 26.5 Å². The largest absolute Gasteiger partial charge is 0.481 e. The Hall–Kier alpha value is -1.04. The van der Waals surface area contributed by atoms with Gasteiger partial charge in [0.2, 0.25) is 5.89 Å². The smallest absolute Gasteiger partial charge is 0.303 e. The van der Waals surface area contributed by atoms with E-state index in [1.165, 1.54) is 32.1 Å². The van der Waals surface area contributed by atoms with E-state index in [4.69, 9.17) is 9.63 Å². The van der Waals surface area contributed by atoms with Crippen LogP contribution >= 0.6 is 11.8 Å². The summed E-state index contributed by atoms with van der Waals surface area (Å²) in [5.41, 5.74) is 0. The minimum atomic E-state index is -0.785. The van der Waals surface area contributed by atoms with Gasteiger partial charge in [-0.25, -0.2) is 0 Å². The van der Waals surface area contributed by atoms with Gasteiger partial charge in [0.05, 0.1) is 5.75 Å². The first-order valence-electron chi connectivity index (χ1n) is 6.89. The fourth-order valence-electron chi connectivity index (χ4n) is 2.27. The standard InChI is InChI=1S/C13H20N2O3S/c16-13(17)8-4-7-12-14-11(15-18-12)9-19-10-5-2-1-3-6-10/h10H,1-9H2,(H,16,17). The maximum atomic E-state index is 10.4. The Labute approximate surface area is 117 Å². The van der Waals surface area contributed by atoms with E-state index in [-0.39, 0.29) is 6.42 Å². The van der Waals surface area contributed by atoms with Crippen LogP contribution in [-0.2, 0) is 17.0 Å². The summed E-state index contributed by atoms with van der Waals surface area (Å²) in [5.74, 6) is 1.31. The molecule has 1 aliphatic carbocycles. The van der Waals surface area contributed by atoms with Gasteiger partial charge in [-0.05, 0) is 19.3 Å². The van der Waals surface area contributed by atoms with Gasteiger partial charge in [0.1, 0.15) is 0 Å². The van der Waals surface area contributed by atoms with Gasteiger partial charge in [0, 0.05) is 18.1 Å². The number of hydrogen-bond donors (Lipinski definition) is 1. The fraction of sp³-hybridized carbons (Fsp3) is 0.769. The van der Waals surface area contributed by atoms with Gasteiger partial charge in [-0.15, -0.1) is 0 Å². The summed E-state index contributed by atoms with van der Waals surface area (Å²) in [6.45, 7) is 0. The van der Waals surface area contributed by atoms with E-state index < -0.39 is 5.97 Å². The number of carboxylic acids is 1. The van der Waals surface area contributed by atoms with Crippen LogP contribution in [0.3, 0.4) is 0 Å². The average Bonchev–Trinajstić information content (AvgIpc) is 2.85. The molecule has 0 atom stereocenters. The summed E-state index contributed by atoms with van der Waals surface area (Å²) in [6.07, 6.45) is 7.89. The molecule has 1 aromatic heterocycles. The Bertz CT molecular complexity index is 402. The van der Waals surface area contributed by atoms with Gasteiger partial charge in [-0.2, -0.15) is 16.7 Å². The van der Waals surface area contributed by atoms with Gasteiger partial charge < -0.3 is 9.63 Å². The van der Waals surface area contributed by atoms with E-state index in [0.717, 1.165) is 16.8 Å². The Morgan fingerprint density at radius 2 is 2.16 bits per heavy atom. The Morgan fingerprint density at radius 1 is 1.37 bits per heavy atom. The molecule has 0 radical (unpaired) electrons. The summed E-state index contributed by atoms with van der Waals surface area (Å²) in [7, 11) is 0. The zero-order valence-electron chi connectivity index (χ0n) is 11.0. The molecule has 0 aromatic carbocycles. The van der Waals surface area contributed by atoms with Crippen LogP contribution < -0.4 is 0 Å². The Kier molecular flexibility index (Phi) is 5.69. The van der Waals surface area contributed by atoms with Gasteiger partial charge in [0.25, 0.3) is 0 Å². The summed E-state index contributed by atoms with van der Waals surface area (Å²) in [5, 5.41) is 13.2. The maximum Gasteiger partial charge on any atom is 0.303 e. The van der Waals surface area contributed by atoms with E-state index >= 15 is 0 Å². The summed E-state index contributed by atoms with van der Waals surface area (Å²) < 4.78 is 5.12. The Morgan fingerprint density at radius 3 is 2.89 bits per heavy atom. The number of aliphatic carboxylic acids is 1. The molecule has 1 saturated carbocycles. The van der Waals surface area contributed by atoms with Crippen molar-refractivity contribution in [2.45, 2.75) is 62.4 Å². The highest BCUT2D eigenvalue weighted by Gasteiger charge is 2.15. The third-order valence-electron chi connectivity index (χ3n) is 3.29. The number of aryl methyl sites for hydroxylation is 1. The zero-order chi connectivity index (χ0) is 13.5. The van der Waals surface area contributed by atoms with Crippen molar-refractivity contribution in [3.05, 3.63) is 11.7 Å². The fourth-order valence-corrected chi connectivity index (χ4v) is 3.43. The molecule has 0 unspecified atom stereocenters. The second kappa shape index (κ2) is 7.53. The van der Waals surface area contributed by atoms with Crippen molar-refractivity contribution in [1.29, 1.82) is 0 Å². The van der Waals surface area contributed by atoms with E-state index in [0.29, 0.717) is 18.7 Å². The van der Waals surface area contributed by atoms with Crippen molar-refractivity contribution >= 4 is 17.7 Å². The lowest BCUT2D eigenvalue weighted by Gasteiger charge is -2.19. The lowest BCUT2D eigenvalue weighted by Crippen LogP contribution is -2.08. The first-order chi connectivity index (χ1) is 9.24. The minimum absolute atomic E-state index is 0.147. The molecular formula is C13H20N2O3S. The summed E-state index contributed by atoms with van der Waals surface area (Å²) >= 11 is 1.91. The molecule has 6 heteroatoms. The van der Waals surface area contributed by atoms with Crippen molar-refractivity contribution in [1.82, 2.24) is 10.1 Å². The SMILES string of the molecule is O=C(O)CCCc1nc(CSC2CCCCC2)no1. The molecule has 5 nitrogen and oxygen atoms in total. The van der Waals surface area contributed by atoms with Crippen molar-refractivity contribution in [3.63, 3.8) is 0 Å². The predicted octanol–water partition coefficient (Wildman–Crippen LogP) is 3.04. The highest BCUT2D eigenvalue weighted by molar-refractivity contribution is 7.99. The lowest BCUT2D eigenvalue weighted by molar-refractivity contribution is -0.137. The Balaban J connectivity index is 1.69. The molecular weight excluding hydrogens is 264 g/mol. The van der Waals surface area contributed by atoms with E-state index in [1.807, 2.05) is 11.8 Å². The molecule has 1 aliphatic rings. The van der Waals surface area contributed by atoms with E-state index in [1.54, 1.807) is 0 Å². The molecule has 2 rings (SSSR count). The second-order valence-electron chi connectivity index (χ2n) is 4.92. The van der Waals surface area contributed by atoms with Crippen LogP contribution in [0.25, 0.3) is 0 Å². The minimum Gasteiger partial charge on any atom is -0.481 e. The number of aromatic nitrogens is 2. The molecule has 1 heterocycles. The summed E-state index contributed by atoms with van der Waals surface area (Å²) in [6, 6.07) is 0. The molecule has 1 fully saturated rings. The third kappa shape index (κ3) is 5.22. The van der Waals surface area contributed by atoms with Gasteiger partial charge in [-0.1, -0.05) is 24.4 Å². The van der Waals surface area contributed by atoms with Crippen LogP contribution in [0.4, 0.5) is 0 Å². The summed E-state index contributed by atoms with van der Waals surface area (Å²) in [4.78, 5) is 14.7. The normalized spacial score (nSPS) is 16.6. The lowest BCUT2D eigenvalue weighted by atomic mass is 10.0. The van der Waals surface area contributed by atoms with Gasteiger partial charge >= 0.3 is 5.97 Å². The van der Waals surface area contributed by atoms with Crippen molar-refractivity contribution < 1.29 is 14.4 Å². The number of carboxylic acid groups (broad SMARTS) is 1. The quantitative estimate of drug-likeness (QED) is 0.829. The molecule has 0 spiro atoms. The number of rotatable bonds is 7. The van der Waals surface area contributed by atoms with Gasteiger partial charge in [-0.3, -0.25) is 4.79 Å². The second-order valence-corrected chi connectivity index (χ2v) is 6.21. The number of nitrogens with zero attached hydrogens (tertiary/aromatic N) is 2. The zero-order valence-corrected chi connectivity index (χ0v) is 11.8.